The van der Waals surface area contributed by atoms with Crippen LogP contribution in [0.2, 0.25) is 0 Å². The van der Waals surface area contributed by atoms with E-state index in [0.717, 1.165) is 23.8 Å². The highest BCUT2D eigenvalue weighted by Crippen LogP contribution is 2.42. The summed E-state index contributed by atoms with van der Waals surface area (Å²) in [6.45, 7) is 8.15. The van der Waals surface area contributed by atoms with E-state index in [1.54, 1.807) is 18.1 Å². The fraction of sp³-hybridized carbons (Fsp3) is 0.478. The Kier molecular flexibility index (Phi) is 5.92. The zero-order chi connectivity index (χ0) is 22.2. The first-order valence-electron chi connectivity index (χ1n) is 10.6. The molecule has 1 aliphatic heterocycles. The maximum atomic E-state index is 13.1. The number of aryl methyl sites for hydroxylation is 2. The summed E-state index contributed by atoms with van der Waals surface area (Å²) in [5.74, 6) is 0.490. The molecule has 1 saturated heterocycles. The van der Waals surface area contributed by atoms with Crippen molar-refractivity contribution < 1.29 is 4.79 Å². The molecule has 1 amide bonds. The molecule has 4 rings (SSSR count). The van der Waals surface area contributed by atoms with Crippen molar-refractivity contribution in [2.75, 3.05) is 13.1 Å². The van der Waals surface area contributed by atoms with E-state index in [1.165, 1.54) is 11.1 Å². The molecule has 0 radical (unpaired) electrons. The first-order chi connectivity index (χ1) is 14.7. The number of thioether (sulfide) groups is 1. The van der Waals surface area contributed by atoms with Gasteiger partial charge in [0.1, 0.15) is 6.33 Å². The Labute approximate surface area is 187 Å². The van der Waals surface area contributed by atoms with E-state index < -0.39 is 0 Å². The van der Waals surface area contributed by atoms with Gasteiger partial charge < -0.3 is 9.47 Å². The highest BCUT2D eigenvalue weighted by atomic mass is 32.2. The molecule has 1 aromatic carbocycles. The predicted octanol–water partition coefficient (Wildman–Crippen LogP) is 3.60. The van der Waals surface area contributed by atoms with Crippen molar-refractivity contribution in [2.24, 2.45) is 19.5 Å². The molecular weight excluding hydrogens is 408 g/mol. The van der Waals surface area contributed by atoms with Crippen LogP contribution in [0.25, 0.3) is 0 Å². The third-order valence-corrected chi connectivity index (χ3v) is 7.36. The molecule has 1 unspecified atom stereocenters. The quantitative estimate of drug-likeness (QED) is 0.550. The zero-order valence-electron chi connectivity index (χ0n) is 18.8. The van der Waals surface area contributed by atoms with Crippen LogP contribution < -0.4 is 0 Å². The molecule has 0 spiro atoms. The van der Waals surface area contributed by atoms with Crippen LogP contribution in [0.5, 0.6) is 0 Å². The molecule has 8 heteroatoms. The number of hydrogen-bond acceptors (Lipinski definition) is 5. The summed E-state index contributed by atoms with van der Waals surface area (Å²) >= 11 is 1.67. The van der Waals surface area contributed by atoms with Crippen LogP contribution in [0.4, 0.5) is 0 Å². The fourth-order valence-corrected chi connectivity index (χ4v) is 5.26. The number of rotatable bonds is 6. The van der Waals surface area contributed by atoms with Gasteiger partial charge in [-0.05, 0) is 29.0 Å². The molecule has 0 N–H and O–H groups in total. The normalized spacial score (nSPS) is 19.0. The lowest BCUT2D eigenvalue weighted by molar-refractivity contribution is -0.129. The van der Waals surface area contributed by atoms with Gasteiger partial charge in [-0.1, -0.05) is 49.9 Å². The summed E-state index contributed by atoms with van der Waals surface area (Å²) in [5, 5.41) is 13.5. The molecule has 31 heavy (non-hydrogen) atoms. The van der Waals surface area contributed by atoms with E-state index in [9.17, 15) is 4.79 Å². The van der Waals surface area contributed by atoms with Gasteiger partial charge in [-0.3, -0.25) is 9.48 Å². The molecule has 3 heterocycles. The van der Waals surface area contributed by atoms with Gasteiger partial charge in [-0.25, -0.2) is 0 Å². The smallest absolute Gasteiger partial charge is 0.227 e. The second kappa shape index (κ2) is 8.49. The van der Waals surface area contributed by atoms with E-state index in [1.807, 2.05) is 46.6 Å². The lowest BCUT2D eigenvalue weighted by Gasteiger charge is -2.24. The number of carbonyl (C=O) groups excluding carboxylic acids is 1. The van der Waals surface area contributed by atoms with Gasteiger partial charge in [0.05, 0.1) is 12.6 Å². The van der Waals surface area contributed by atoms with Crippen molar-refractivity contribution in [1.82, 2.24) is 29.4 Å². The van der Waals surface area contributed by atoms with Crippen LogP contribution in [-0.2, 0) is 25.3 Å². The highest BCUT2D eigenvalue weighted by Gasteiger charge is 2.42. The van der Waals surface area contributed by atoms with Crippen molar-refractivity contribution in [3.05, 3.63) is 59.7 Å². The van der Waals surface area contributed by atoms with Gasteiger partial charge in [0.2, 0.25) is 5.91 Å². The lowest BCUT2D eigenvalue weighted by atomic mass is 9.79. The predicted molar refractivity (Wildman–Crippen MR) is 122 cm³/mol. The van der Waals surface area contributed by atoms with Gasteiger partial charge in [0, 0.05) is 44.5 Å². The number of amides is 1. The number of aromatic nitrogens is 5. The monoisotopic (exact) mass is 438 g/mol. The van der Waals surface area contributed by atoms with Crippen LogP contribution in [0.15, 0.2) is 48.1 Å². The summed E-state index contributed by atoms with van der Waals surface area (Å²) in [5.41, 5.74) is 3.48. The molecule has 0 aliphatic carbocycles. The molecular formula is C23H30N6OS. The zero-order valence-corrected chi connectivity index (χ0v) is 19.6. The Morgan fingerprint density at radius 3 is 2.81 bits per heavy atom. The Bertz CT molecular complexity index is 1070. The Hall–Kier alpha value is -2.61. The molecule has 0 bridgehead atoms. The second-order valence-electron chi connectivity index (χ2n) is 9.17. The molecule has 2 aromatic heterocycles. The summed E-state index contributed by atoms with van der Waals surface area (Å²) in [6.07, 6.45) is 6.13. The van der Waals surface area contributed by atoms with Crippen LogP contribution >= 0.6 is 11.8 Å². The number of nitrogens with zero attached hydrogens (tertiary/aromatic N) is 6. The van der Waals surface area contributed by atoms with Crippen LogP contribution in [0, 0.1) is 5.41 Å². The molecule has 2 atom stereocenters. The van der Waals surface area contributed by atoms with E-state index in [2.05, 4.69) is 54.4 Å². The number of hydrogen-bond donors (Lipinski definition) is 0. The van der Waals surface area contributed by atoms with Crippen molar-refractivity contribution in [2.45, 2.75) is 43.5 Å². The van der Waals surface area contributed by atoms with Crippen molar-refractivity contribution in [3.8, 4) is 0 Å². The minimum atomic E-state index is 0.0296. The van der Waals surface area contributed by atoms with Crippen molar-refractivity contribution >= 4 is 17.7 Å². The molecule has 164 valence electrons. The Morgan fingerprint density at radius 2 is 2.13 bits per heavy atom. The minimum absolute atomic E-state index is 0.0296. The molecule has 7 nitrogen and oxygen atoms in total. The standard InChI is InChI=1S/C23H30N6OS/c1-16(31-22-26-24-15-27(22)4)18-8-6-7-17(9-18)10-21(30)29-13-20(23(2,3)14-29)19-11-25-28(5)12-19/h6-9,11-12,15-16,20H,10,13-14H2,1-5H3/t16-,20?/m0/s1. The van der Waals surface area contributed by atoms with Gasteiger partial charge in [0.15, 0.2) is 5.16 Å². The number of carbonyl (C=O) groups is 1. The lowest BCUT2D eigenvalue weighted by Crippen LogP contribution is -2.31. The minimum Gasteiger partial charge on any atom is -0.341 e. The van der Waals surface area contributed by atoms with Gasteiger partial charge in [-0.2, -0.15) is 5.10 Å². The summed E-state index contributed by atoms with van der Waals surface area (Å²) < 4.78 is 3.75. The molecule has 1 fully saturated rings. The van der Waals surface area contributed by atoms with E-state index in [0.29, 0.717) is 12.3 Å². The van der Waals surface area contributed by atoms with Gasteiger partial charge in [0.25, 0.3) is 0 Å². The maximum absolute atomic E-state index is 13.1. The van der Waals surface area contributed by atoms with Gasteiger partial charge in [-0.15, -0.1) is 10.2 Å². The van der Waals surface area contributed by atoms with Crippen LogP contribution in [0.3, 0.4) is 0 Å². The van der Waals surface area contributed by atoms with E-state index in [4.69, 9.17) is 0 Å². The summed E-state index contributed by atoms with van der Waals surface area (Å²) in [4.78, 5) is 15.2. The largest absolute Gasteiger partial charge is 0.341 e. The molecule has 0 saturated carbocycles. The average molecular weight is 439 g/mol. The fourth-order valence-electron chi connectivity index (χ4n) is 4.35. The number of benzene rings is 1. The highest BCUT2D eigenvalue weighted by molar-refractivity contribution is 7.99. The molecule has 1 aliphatic rings. The Balaban J connectivity index is 1.43. The first kappa shape index (κ1) is 21.6. The van der Waals surface area contributed by atoms with E-state index in [-0.39, 0.29) is 16.6 Å². The van der Waals surface area contributed by atoms with Gasteiger partial charge >= 0.3 is 0 Å². The van der Waals surface area contributed by atoms with E-state index >= 15 is 0 Å². The second-order valence-corrected chi connectivity index (χ2v) is 10.5. The third-order valence-electron chi connectivity index (χ3n) is 6.15. The van der Waals surface area contributed by atoms with Crippen molar-refractivity contribution in [1.29, 1.82) is 0 Å². The number of likely N-dealkylation sites (tertiary alicyclic amines) is 1. The molecule has 3 aromatic rings. The first-order valence-corrected chi connectivity index (χ1v) is 11.5. The summed E-state index contributed by atoms with van der Waals surface area (Å²) in [7, 11) is 3.88. The SMILES string of the molecule is C[C@H](Sc1nncn1C)c1cccc(CC(=O)N2CC(c3cnn(C)c3)C(C)(C)C2)c1. The summed E-state index contributed by atoms with van der Waals surface area (Å²) in [6, 6.07) is 8.34. The Morgan fingerprint density at radius 1 is 1.32 bits per heavy atom. The third kappa shape index (κ3) is 4.69. The van der Waals surface area contributed by atoms with Crippen LogP contribution in [-0.4, -0.2) is 48.4 Å². The topological polar surface area (TPSA) is 68.8 Å². The van der Waals surface area contributed by atoms with Crippen LogP contribution in [0.1, 0.15) is 48.6 Å². The maximum Gasteiger partial charge on any atom is 0.227 e. The van der Waals surface area contributed by atoms with Crippen molar-refractivity contribution in [3.63, 3.8) is 0 Å². The average Bonchev–Trinajstić information content (AvgIpc) is 3.41.